The van der Waals surface area contributed by atoms with Crippen LogP contribution in [-0.2, 0) is 9.53 Å². The number of nitrogens with zero attached hydrogens (tertiary/aromatic N) is 1. The second-order valence-corrected chi connectivity index (χ2v) is 8.42. The van der Waals surface area contributed by atoms with Crippen LogP contribution >= 0.6 is 0 Å². The van der Waals surface area contributed by atoms with Crippen LogP contribution in [0.2, 0.25) is 0 Å². The third-order valence-electron chi connectivity index (χ3n) is 4.67. The Hall–Kier alpha value is -0.450. The van der Waals surface area contributed by atoms with Gasteiger partial charge >= 0.3 is 0 Å². The summed E-state index contributed by atoms with van der Waals surface area (Å²) < 4.78 is 6.22. The minimum atomic E-state index is 0.149. The molecule has 1 heterocycles. The molecule has 128 valence electrons. The van der Waals surface area contributed by atoms with E-state index in [9.17, 15) is 4.79 Å². The van der Waals surface area contributed by atoms with Gasteiger partial charge in [-0.05, 0) is 46.5 Å². The van der Waals surface area contributed by atoms with E-state index in [1.807, 2.05) is 13.8 Å². The molecule has 1 aliphatic carbocycles. The van der Waals surface area contributed by atoms with Crippen molar-refractivity contribution in [1.29, 1.82) is 0 Å². The summed E-state index contributed by atoms with van der Waals surface area (Å²) in [4.78, 5) is 14.1. The fraction of sp³-hybridized carbons (Fsp3) is 0.944. The second kappa shape index (κ2) is 7.41. The Morgan fingerprint density at radius 2 is 1.77 bits per heavy atom. The van der Waals surface area contributed by atoms with Gasteiger partial charge in [0.25, 0.3) is 0 Å². The fourth-order valence-corrected chi connectivity index (χ4v) is 3.29. The van der Waals surface area contributed by atoms with Crippen molar-refractivity contribution in [3.05, 3.63) is 0 Å². The van der Waals surface area contributed by atoms with Crippen LogP contribution in [0, 0.1) is 5.92 Å². The molecule has 1 saturated carbocycles. The Balaban J connectivity index is 1.60. The topological polar surface area (TPSA) is 41.6 Å². The number of carbonyl (C=O) groups excluding carboxylic acids is 1. The molecule has 0 atom stereocenters. The Morgan fingerprint density at radius 3 is 2.27 bits per heavy atom. The molecule has 2 fully saturated rings. The average molecular weight is 310 g/mol. The minimum absolute atomic E-state index is 0.149. The SMILES string of the molecule is CC(C)C(=O)CN1CCC(O[C@H]2C[C@@H](NC(C)(C)C)C2)CC1. The van der Waals surface area contributed by atoms with Gasteiger partial charge in [-0.1, -0.05) is 13.8 Å². The molecular weight excluding hydrogens is 276 g/mol. The molecule has 0 spiro atoms. The summed E-state index contributed by atoms with van der Waals surface area (Å²) in [6.07, 6.45) is 5.25. The fourth-order valence-electron chi connectivity index (χ4n) is 3.29. The summed E-state index contributed by atoms with van der Waals surface area (Å²) in [6, 6.07) is 0.619. The van der Waals surface area contributed by atoms with Crippen molar-refractivity contribution >= 4 is 5.78 Å². The molecule has 0 bridgehead atoms. The van der Waals surface area contributed by atoms with Crippen molar-refractivity contribution in [2.45, 2.75) is 84.1 Å². The van der Waals surface area contributed by atoms with Gasteiger partial charge in [0.15, 0.2) is 0 Å². The van der Waals surface area contributed by atoms with Crippen LogP contribution in [0.3, 0.4) is 0 Å². The van der Waals surface area contributed by atoms with Gasteiger partial charge in [-0.25, -0.2) is 0 Å². The Kier molecular flexibility index (Phi) is 6.03. The van der Waals surface area contributed by atoms with E-state index in [1.54, 1.807) is 0 Å². The first-order chi connectivity index (χ1) is 10.2. The summed E-state index contributed by atoms with van der Waals surface area (Å²) in [5.74, 6) is 0.505. The van der Waals surface area contributed by atoms with Gasteiger partial charge in [-0.2, -0.15) is 0 Å². The lowest BCUT2D eigenvalue weighted by atomic mass is 9.87. The number of hydrogen-bond donors (Lipinski definition) is 1. The van der Waals surface area contributed by atoms with Crippen LogP contribution in [-0.4, -0.2) is 54.1 Å². The van der Waals surface area contributed by atoms with Crippen molar-refractivity contribution < 1.29 is 9.53 Å². The summed E-state index contributed by atoms with van der Waals surface area (Å²) in [5.41, 5.74) is 0.198. The van der Waals surface area contributed by atoms with E-state index >= 15 is 0 Å². The Bertz CT molecular complexity index is 362. The molecule has 1 saturated heterocycles. The molecule has 2 aliphatic rings. The highest BCUT2D eigenvalue weighted by Crippen LogP contribution is 2.28. The third kappa shape index (κ3) is 5.64. The van der Waals surface area contributed by atoms with Gasteiger partial charge in [0, 0.05) is 30.6 Å². The number of piperidine rings is 1. The van der Waals surface area contributed by atoms with Crippen LogP contribution in [0.1, 0.15) is 60.3 Å². The minimum Gasteiger partial charge on any atom is -0.375 e. The molecular formula is C18H34N2O2. The third-order valence-corrected chi connectivity index (χ3v) is 4.67. The number of nitrogens with one attached hydrogen (secondary N) is 1. The predicted molar refractivity (Wildman–Crippen MR) is 90.1 cm³/mol. The largest absolute Gasteiger partial charge is 0.375 e. The van der Waals surface area contributed by atoms with Crippen LogP contribution < -0.4 is 5.32 Å². The van der Waals surface area contributed by atoms with E-state index in [0.717, 1.165) is 38.8 Å². The molecule has 0 amide bonds. The highest BCUT2D eigenvalue weighted by Gasteiger charge is 2.34. The normalized spacial score (nSPS) is 27.9. The first-order valence-electron chi connectivity index (χ1n) is 8.91. The summed E-state index contributed by atoms with van der Waals surface area (Å²) in [7, 11) is 0. The maximum Gasteiger partial charge on any atom is 0.149 e. The molecule has 0 radical (unpaired) electrons. The van der Waals surface area contributed by atoms with Crippen molar-refractivity contribution in [2.24, 2.45) is 5.92 Å². The van der Waals surface area contributed by atoms with Gasteiger partial charge in [0.1, 0.15) is 5.78 Å². The maximum atomic E-state index is 11.8. The van der Waals surface area contributed by atoms with Gasteiger partial charge in [0.2, 0.25) is 0 Å². The Labute approximate surface area is 136 Å². The highest BCUT2D eigenvalue weighted by molar-refractivity contribution is 5.82. The van der Waals surface area contributed by atoms with Crippen LogP contribution in [0.25, 0.3) is 0 Å². The highest BCUT2D eigenvalue weighted by atomic mass is 16.5. The monoisotopic (exact) mass is 310 g/mol. The summed E-state index contributed by atoms with van der Waals surface area (Å²) in [5, 5.41) is 3.64. The number of Topliss-reactive ketones (excluding diaryl/α,β-unsaturated/α-hetero) is 1. The Morgan fingerprint density at radius 1 is 1.18 bits per heavy atom. The van der Waals surface area contributed by atoms with Crippen molar-refractivity contribution in [2.75, 3.05) is 19.6 Å². The van der Waals surface area contributed by atoms with E-state index in [2.05, 4.69) is 31.0 Å². The first kappa shape index (κ1) is 17.9. The van der Waals surface area contributed by atoms with Crippen molar-refractivity contribution in [3.63, 3.8) is 0 Å². The molecule has 1 N–H and O–H groups in total. The molecule has 22 heavy (non-hydrogen) atoms. The van der Waals surface area contributed by atoms with Gasteiger partial charge < -0.3 is 10.1 Å². The maximum absolute atomic E-state index is 11.8. The summed E-state index contributed by atoms with van der Waals surface area (Å²) in [6.45, 7) is 13.2. The zero-order chi connectivity index (χ0) is 16.3. The van der Waals surface area contributed by atoms with E-state index < -0.39 is 0 Å². The van der Waals surface area contributed by atoms with Crippen LogP contribution in [0.15, 0.2) is 0 Å². The van der Waals surface area contributed by atoms with Gasteiger partial charge in [-0.15, -0.1) is 0 Å². The molecule has 0 aromatic rings. The quantitative estimate of drug-likeness (QED) is 0.819. The molecule has 4 heteroatoms. The molecule has 1 aliphatic heterocycles. The zero-order valence-corrected chi connectivity index (χ0v) is 15.0. The average Bonchev–Trinajstić information content (AvgIpc) is 2.36. The standard InChI is InChI=1S/C18H34N2O2/c1-13(2)17(21)12-20-8-6-15(7-9-20)22-16-10-14(11-16)19-18(3,4)5/h13-16,19H,6-12H2,1-5H3/t14-,16+. The van der Waals surface area contributed by atoms with Crippen molar-refractivity contribution in [1.82, 2.24) is 10.2 Å². The summed E-state index contributed by atoms with van der Waals surface area (Å²) >= 11 is 0. The van der Waals surface area contributed by atoms with E-state index in [4.69, 9.17) is 4.74 Å². The molecule has 4 nitrogen and oxygen atoms in total. The second-order valence-electron chi connectivity index (χ2n) is 8.42. The van der Waals surface area contributed by atoms with Crippen LogP contribution in [0.4, 0.5) is 0 Å². The number of carbonyl (C=O) groups is 1. The molecule has 0 unspecified atom stereocenters. The predicted octanol–water partition coefficient (Wildman–Crippen LogP) is 2.61. The first-order valence-corrected chi connectivity index (χ1v) is 8.91. The van der Waals surface area contributed by atoms with Gasteiger partial charge in [-0.3, -0.25) is 9.69 Å². The van der Waals surface area contributed by atoms with E-state index in [-0.39, 0.29) is 11.5 Å². The lowest BCUT2D eigenvalue weighted by Crippen LogP contribution is -2.53. The van der Waals surface area contributed by atoms with Crippen molar-refractivity contribution in [3.8, 4) is 0 Å². The smallest absolute Gasteiger partial charge is 0.149 e. The lowest BCUT2D eigenvalue weighted by Gasteiger charge is -2.42. The molecule has 2 rings (SSSR count). The zero-order valence-electron chi connectivity index (χ0n) is 15.0. The van der Waals surface area contributed by atoms with Crippen LogP contribution in [0.5, 0.6) is 0 Å². The molecule has 0 aromatic carbocycles. The number of likely N-dealkylation sites (tertiary alicyclic amines) is 1. The molecule has 0 aromatic heterocycles. The van der Waals surface area contributed by atoms with Gasteiger partial charge in [0.05, 0.1) is 18.8 Å². The number of hydrogen-bond acceptors (Lipinski definition) is 4. The van der Waals surface area contributed by atoms with E-state index in [0.29, 0.717) is 30.6 Å². The number of ketones is 1. The number of rotatable bonds is 6. The number of ether oxygens (including phenoxy) is 1. The van der Waals surface area contributed by atoms with E-state index in [1.165, 1.54) is 0 Å². The lowest BCUT2D eigenvalue weighted by molar-refractivity contribution is -0.124.